The van der Waals surface area contributed by atoms with Gasteiger partial charge in [0.15, 0.2) is 0 Å². The highest BCUT2D eigenvalue weighted by atomic mass is 35.5. The summed E-state index contributed by atoms with van der Waals surface area (Å²) in [5.74, 6) is 2.13. The first kappa shape index (κ1) is 18.5. The molecule has 3 N–H and O–H groups in total. The second kappa shape index (κ2) is 8.45. The number of hydrogen-bond donors (Lipinski definition) is 2. The number of nitrogens with one attached hydrogen (secondary N) is 1. The summed E-state index contributed by atoms with van der Waals surface area (Å²) >= 11 is 6.10. The number of rotatable bonds is 6. The van der Waals surface area contributed by atoms with E-state index in [4.69, 9.17) is 21.8 Å². The summed E-state index contributed by atoms with van der Waals surface area (Å²) in [5, 5.41) is 3.88. The first-order valence-electron chi connectivity index (χ1n) is 9.15. The smallest absolute Gasteiger partial charge is 0.228 e. The van der Waals surface area contributed by atoms with E-state index in [1.165, 1.54) is 0 Å². The van der Waals surface area contributed by atoms with E-state index < -0.39 is 0 Å². The number of aromatic nitrogens is 3. The van der Waals surface area contributed by atoms with Crippen molar-refractivity contribution in [2.75, 3.05) is 42.1 Å². The third-order valence-electron chi connectivity index (χ3n) is 4.61. The van der Waals surface area contributed by atoms with Gasteiger partial charge in [0.2, 0.25) is 11.9 Å². The minimum absolute atomic E-state index is 0.213. The average molecular weight is 400 g/mol. The molecule has 0 bridgehead atoms. The summed E-state index contributed by atoms with van der Waals surface area (Å²) in [6.45, 7) is 4.79. The second-order valence-corrected chi connectivity index (χ2v) is 7.05. The molecule has 8 nitrogen and oxygen atoms in total. The quantitative estimate of drug-likeness (QED) is 0.653. The number of nitrogens with two attached hydrogens (primary N) is 1. The first-order valence-corrected chi connectivity index (χ1v) is 9.53. The van der Waals surface area contributed by atoms with Crippen LogP contribution in [0.5, 0.6) is 0 Å². The molecule has 0 saturated carbocycles. The molecule has 9 heteroatoms. The second-order valence-electron chi connectivity index (χ2n) is 6.61. The summed E-state index contributed by atoms with van der Waals surface area (Å²) in [7, 11) is 0. The van der Waals surface area contributed by atoms with Crippen molar-refractivity contribution in [2.45, 2.75) is 13.1 Å². The maximum atomic E-state index is 6.10. The molecule has 2 aromatic heterocycles. The molecule has 1 aliphatic heterocycles. The molecule has 0 amide bonds. The van der Waals surface area contributed by atoms with Gasteiger partial charge in [-0.05, 0) is 30.3 Å². The molecule has 1 aliphatic rings. The van der Waals surface area contributed by atoms with Crippen molar-refractivity contribution < 1.29 is 4.42 Å². The number of nitrogens with zero attached hydrogens (tertiary/aromatic N) is 5. The van der Waals surface area contributed by atoms with Crippen LogP contribution in [0.2, 0.25) is 5.02 Å². The number of benzene rings is 1. The zero-order valence-electron chi connectivity index (χ0n) is 15.4. The average Bonchev–Trinajstić information content (AvgIpc) is 3.20. The van der Waals surface area contributed by atoms with E-state index in [0.717, 1.165) is 42.6 Å². The fourth-order valence-electron chi connectivity index (χ4n) is 3.20. The lowest BCUT2D eigenvalue weighted by atomic mass is 10.2. The van der Waals surface area contributed by atoms with Gasteiger partial charge < -0.3 is 20.4 Å². The molecule has 0 spiro atoms. The third kappa shape index (κ3) is 4.71. The topological polar surface area (TPSA) is 96.3 Å². The van der Waals surface area contributed by atoms with Crippen molar-refractivity contribution in [3.63, 3.8) is 0 Å². The minimum Gasteiger partial charge on any atom is -0.467 e. The number of furan rings is 1. The first-order chi connectivity index (χ1) is 13.7. The summed E-state index contributed by atoms with van der Waals surface area (Å²) in [4.78, 5) is 17.6. The SMILES string of the molecule is Nc1nc(CN2CCN(c3cccc(Cl)c3)CC2)nc(NCc2ccco2)n1. The van der Waals surface area contributed by atoms with Crippen LogP contribution in [-0.2, 0) is 13.1 Å². The van der Waals surface area contributed by atoms with Gasteiger partial charge in [0, 0.05) is 36.9 Å². The number of hydrogen-bond acceptors (Lipinski definition) is 8. The van der Waals surface area contributed by atoms with Crippen LogP contribution in [0.3, 0.4) is 0 Å². The van der Waals surface area contributed by atoms with E-state index in [0.29, 0.717) is 24.9 Å². The lowest BCUT2D eigenvalue weighted by molar-refractivity contribution is 0.244. The fraction of sp³-hybridized carbons (Fsp3) is 0.316. The van der Waals surface area contributed by atoms with E-state index in [1.807, 2.05) is 30.3 Å². The van der Waals surface area contributed by atoms with E-state index in [1.54, 1.807) is 6.26 Å². The van der Waals surface area contributed by atoms with E-state index >= 15 is 0 Å². The zero-order chi connectivity index (χ0) is 19.3. The van der Waals surface area contributed by atoms with Gasteiger partial charge in [0.05, 0.1) is 19.4 Å². The molecule has 0 unspecified atom stereocenters. The van der Waals surface area contributed by atoms with Crippen LogP contribution in [0, 0.1) is 0 Å². The molecular formula is C19H22ClN7O. The normalized spacial score (nSPS) is 15.0. The molecule has 1 saturated heterocycles. The Morgan fingerprint density at radius 3 is 2.68 bits per heavy atom. The van der Waals surface area contributed by atoms with Gasteiger partial charge >= 0.3 is 0 Å². The van der Waals surface area contributed by atoms with Crippen molar-refractivity contribution in [2.24, 2.45) is 0 Å². The fourth-order valence-corrected chi connectivity index (χ4v) is 3.39. The zero-order valence-corrected chi connectivity index (χ0v) is 16.1. The maximum Gasteiger partial charge on any atom is 0.228 e. The van der Waals surface area contributed by atoms with Crippen molar-refractivity contribution in [3.05, 3.63) is 59.3 Å². The Kier molecular flexibility index (Phi) is 5.59. The highest BCUT2D eigenvalue weighted by molar-refractivity contribution is 6.30. The monoisotopic (exact) mass is 399 g/mol. The summed E-state index contributed by atoms with van der Waals surface area (Å²) in [6, 6.07) is 11.7. The standard InChI is InChI=1S/C19H22ClN7O/c20-14-3-1-4-15(11-14)27-8-6-26(7-9-27)13-17-23-18(21)25-19(24-17)22-12-16-5-2-10-28-16/h1-5,10-11H,6-9,12-13H2,(H3,21,22,23,24,25). The molecule has 0 radical (unpaired) electrons. The predicted octanol–water partition coefficient (Wildman–Crippen LogP) is 2.63. The lowest BCUT2D eigenvalue weighted by Crippen LogP contribution is -2.46. The Bertz CT molecular complexity index is 910. The van der Waals surface area contributed by atoms with Gasteiger partial charge in [0.1, 0.15) is 11.6 Å². The molecule has 3 aromatic rings. The van der Waals surface area contributed by atoms with Gasteiger partial charge in [0.25, 0.3) is 0 Å². The van der Waals surface area contributed by atoms with Crippen LogP contribution in [0.25, 0.3) is 0 Å². The van der Waals surface area contributed by atoms with Gasteiger partial charge in [-0.25, -0.2) is 0 Å². The van der Waals surface area contributed by atoms with E-state index in [2.05, 4.69) is 36.1 Å². The van der Waals surface area contributed by atoms with Crippen molar-refractivity contribution in [3.8, 4) is 0 Å². The van der Waals surface area contributed by atoms with Gasteiger partial charge in [-0.3, -0.25) is 4.90 Å². The molecule has 28 heavy (non-hydrogen) atoms. The van der Waals surface area contributed by atoms with Gasteiger partial charge in [-0.2, -0.15) is 15.0 Å². The number of nitrogen functional groups attached to an aromatic ring is 1. The molecule has 3 heterocycles. The Morgan fingerprint density at radius 1 is 1.07 bits per heavy atom. The summed E-state index contributed by atoms with van der Waals surface area (Å²) in [6.07, 6.45) is 1.63. The molecule has 1 fully saturated rings. The highest BCUT2D eigenvalue weighted by Gasteiger charge is 2.19. The van der Waals surface area contributed by atoms with Crippen LogP contribution < -0.4 is 16.0 Å². The Balaban J connectivity index is 1.34. The Hall–Kier alpha value is -2.84. The number of anilines is 3. The molecule has 0 aliphatic carbocycles. The van der Waals surface area contributed by atoms with E-state index in [-0.39, 0.29) is 5.95 Å². The molecule has 4 rings (SSSR count). The summed E-state index contributed by atoms with van der Waals surface area (Å²) < 4.78 is 5.31. The van der Waals surface area contributed by atoms with Crippen LogP contribution in [0.4, 0.5) is 17.6 Å². The summed E-state index contributed by atoms with van der Waals surface area (Å²) in [5.41, 5.74) is 7.01. The molecule has 1 aromatic carbocycles. The van der Waals surface area contributed by atoms with Crippen LogP contribution in [0.1, 0.15) is 11.6 Å². The Morgan fingerprint density at radius 2 is 1.93 bits per heavy atom. The van der Waals surface area contributed by atoms with Crippen molar-refractivity contribution >= 4 is 29.2 Å². The highest BCUT2D eigenvalue weighted by Crippen LogP contribution is 2.21. The van der Waals surface area contributed by atoms with Crippen LogP contribution in [-0.4, -0.2) is 46.0 Å². The van der Waals surface area contributed by atoms with Crippen molar-refractivity contribution in [1.82, 2.24) is 19.9 Å². The largest absolute Gasteiger partial charge is 0.467 e. The predicted molar refractivity (Wildman–Crippen MR) is 109 cm³/mol. The lowest BCUT2D eigenvalue weighted by Gasteiger charge is -2.35. The minimum atomic E-state index is 0.213. The molecular weight excluding hydrogens is 378 g/mol. The van der Waals surface area contributed by atoms with Gasteiger partial charge in [-0.15, -0.1) is 0 Å². The molecule has 146 valence electrons. The molecule has 0 atom stereocenters. The van der Waals surface area contributed by atoms with Crippen molar-refractivity contribution in [1.29, 1.82) is 0 Å². The Labute approximate surface area is 168 Å². The maximum absolute atomic E-state index is 6.10. The number of halogens is 1. The van der Waals surface area contributed by atoms with Crippen LogP contribution >= 0.6 is 11.6 Å². The van der Waals surface area contributed by atoms with Crippen LogP contribution in [0.15, 0.2) is 47.1 Å². The van der Waals surface area contributed by atoms with E-state index in [9.17, 15) is 0 Å². The third-order valence-corrected chi connectivity index (χ3v) is 4.85. The number of piperazine rings is 1. The van der Waals surface area contributed by atoms with Gasteiger partial charge in [-0.1, -0.05) is 17.7 Å².